The molecule has 2 heterocycles. The first-order chi connectivity index (χ1) is 5.36. The Morgan fingerprint density at radius 1 is 1.27 bits per heavy atom. The van der Waals surface area contributed by atoms with Gasteiger partial charge in [0, 0.05) is 19.8 Å². The van der Waals surface area contributed by atoms with Gasteiger partial charge < -0.3 is 14.4 Å². The standard InChI is InChI=1S/C8H11NO2/c1-9-3-2-7-8(6-9)11-5-4-10-7/h2,6H,3-5H2,1H3. The van der Waals surface area contributed by atoms with Gasteiger partial charge in [-0.05, 0) is 6.08 Å². The topological polar surface area (TPSA) is 21.7 Å². The first-order valence-electron chi connectivity index (χ1n) is 3.74. The van der Waals surface area contributed by atoms with E-state index in [4.69, 9.17) is 9.47 Å². The Bertz CT molecular complexity index is 220. The van der Waals surface area contributed by atoms with E-state index in [1.165, 1.54) is 0 Å². The van der Waals surface area contributed by atoms with Crippen molar-refractivity contribution in [3.63, 3.8) is 0 Å². The summed E-state index contributed by atoms with van der Waals surface area (Å²) in [5.74, 6) is 1.76. The lowest BCUT2D eigenvalue weighted by Gasteiger charge is -2.26. The third-order valence-corrected chi connectivity index (χ3v) is 1.74. The van der Waals surface area contributed by atoms with Gasteiger partial charge in [0.1, 0.15) is 13.2 Å². The maximum absolute atomic E-state index is 5.38. The molecule has 0 atom stereocenters. The molecule has 2 aliphatic rings. The Morgan fingerprint density at radius 2 is 2.00 bits per heavy atom. The zero-order valence-electron chi connectivity index (χ0n) is 6.54. The second-order valence-electron chi connectivity index (χ2n) is 2.70. The third-order valence-electron chi connectivity index (χ3n) is 1.74. The summed E-state index contributed by atoms with van der Waals surface area (Å²) < 4.78 is 10.7. The van der Waals surface area contributed by atoms with Crippen LogP contribution in [0.15, 0.2) is 23.8 Å². The molecule has 0 aromatic rings. The van der Waals surface area contributed by atoms with Gasteiger partial charge in [0.2, 0.25) is 0 Å². The van der Waals surface area contributed by atoms with Crippen molar-refractivity contribution in [2.75, 3.05) is 26.8 Å². The normalized spacial score (nSPS) is 22.5. The van der Waals surface area contributed by atoms with E-state index in [0.717, 1.165) is 18.1 Å². The predicted molar refractivity (Wildman–Crippen MR) is 40.7 cm³/mol. The van der Waals surface area contributed by atoms with Crippen molar-refractivity contribution in [2.45, 2.75) is 0 Å². The fraction of sp³-hybridized carbons (Fsp3) is 0.500. The van der Waals surface area contributed by atoms with Gasteiger partial charge in [-0.1, -0.05) is 0 Å². The molecule has 1 fully saturated rings. The maximum atomic E-state index is 5.38. The molecule has 3 heteroatoms. The fourth-order valence-corrected chi connectivity index (χ4v) is 1.19. The lowest BCUT2D eigenvalue weighted by molar-refractivity contribution is 0.0531. The number of hydrogen-bond donors (Lipinski definition) is 0. The highest BCUT2D eigenvalue weighted by molar-refractivity contribution is 5.24. The molecule has 0 aromatic carbocycles. The lowest BCUT2D eigenvalue weighted by atomic mass is 10.3. The van der Waals surface area contributed by atoms with Gasteiger partial charge in [-0.25, -0.2) is 0 Å². The molecule has 3 nitrogen and oxygen atoms in total. The fourth-order valence-electron chi connectivity index (χ4n) is 1.19. The number of fused-ring (bicyclic) bond motifs is 1. The third kappa shape index (κ3) is 1.18. The largest absolute Gasteiger partial charge is 0.486 e. The molecule has 0 spiro atoms. The van der Waals surface area contributed by atoms with Crippen LogP contribution < -0.4 is 0 Å². The Morgan fingerprint density at radius 3 is 2.82 bits per heavy atom. The summed E-state index contributed by atoms with van der Waals surface area (Å²) in [6, 6.07) is 0. The van der Waals surface area contributed by atoms with Gasteiger partial charge in [0.15, 0.2) is 11.5 Å². The molecule has 11 heavy (non-hydrogen) atoms. The Kier molecular flexibility index (Phi) is 1.49. The molecule has 2 aliphatic heterocycles. The van der Waals surface area contributed by atoms with Crippen LogP contribution in [0.4, 0.5) is 0 Å². The van der Waals surface area contributed by atoms with Crippen LogP contribution >= 0.6 is 0 Å². The molecular weight excluding hydrogens is 142 g/mol. The summed E-state index contributed by atoms with van der Waals surface area (Å²) in [6.07, 6.45) is 4.00. The van der Waals surface area contributed by atoms with Crippen LogP contribution in [-0.4, -0.2) is 31.7 Å². The van der Waals surface area contributed by atoms with Gasteiger partial charge >= 0.3 is 0 Å². The zero-order chi connectivity index (χ0) is 7.68. The van der Waals surface area contributed by atoms with E-state index in [-0.39, 0.29) is 0 Å². The SMILES string of the molecule is CN1C=C2OCCOC2=CC1. The Labute approximate surface area is 65.9 Å². The molecule has 1 saturated heterocycles. The number of nitrogens with zero attached hydrogens (tertiary/aromatic N) is 1. The molecule has 0 saturated carbocycles. The van der Waals surface area contributed by atoms with E-state index in [1.54, 1.807) is 0 Å². The van der Waals surface area contributed by atoms with Gasteiger partial charge in [0.05, 0.1) is 0 Å². The van der Waals surface area contributed by atoms with Crippen LogP contribution in [0.2, 0.25) is 0 Å². The summed E-state index contributed by atoms with van der Waals surface area (Å²) in [4.78, 5) is 2.06. The molecule has 2 rings (SSSR count). The van der Waals surface area contributed by atoms with Crippen molar-refractivity contribution in [2.24, 2.45) is 0 Å². The van der Waals surface area contributed by atoms with E-state index < -0.39 is 0 Å². The average molecular weight is 153 g/mol. The minimum atomic E-state index is 0.664. The van der Waals surface area contributed by atoms with Crippen molar-refractivity contribution in [1.82, 2.24) is 4.90 Å². The quantitative estimate of drug-likeness (QED) is 0.511. The summed E-state index contributed by atoms with van der Waals surface area (Å²) in [5, 5.41) is 0. The summed E-state index contributed by atoms with van der Waals surface area (Å²) >= 11 is 0. The molecule has 60 valence electrons. The van der Waals surface area contributed by atoms with Gasteiger partial charge in [-0.15, -0.1) is 0 Å². The van der Waals surface area contributed by atoms with E-state index in [0.29, 0.717) is 13.2 Å². The second-order valence-corrected chi connectivity index (χ2v) is 2.70. The van der Waals surface area contributed by atoms with E-state index in [1.807, 2.05) is 19.3 Å². The van der Waals surface area contributed by atoms with Crippen molar-refractivity contribution in [3.8, 4) is 0 Å². The van der Waals surface area contributed by atoms with Gasteiger partial charge in [-0.2, -0.15) is 0 Å². The number of likely N-dealkylation sites (N-methyl/N-ethyl adjacent to an activating group) is 1. The molecule has 0 radical (unpaired) electrons. The van der Waals surface area contributed by atoms with Crippen LogP contribution in [-0.2, 0) is 9.47 Å². The molecule has 0 amide bonds. The van der Waals surface area contributed by atoms with Crippen LogP contribution in [0.25, 0.3) is 0 Å². The molecule has 0 aromatic heterocycles. The van der Waals surface area contributed by atoms with Crippen molar-refractivity contribution in [3.05, 3.63) is 23.8 Å². The number of hydrogen-bond acceptors (Lipinski definition) is 3. The minimum absolute atomic E-state index is 0.664. The Balaban J connectivity index is 2.19. The molecule has 0 aliphatic carbocycles. The predicted octanol–water partition coefficient (Wildman–Crippen LogP) is 0.704. The van der Waals surface area contributed by atoms with Crippen molar-refractivity contribution in [1.29, 1.82) is 0 Å². The Hall–Kier alpha value is -1.12. The minimum Gasteiger partial charge on any atom is -0.486 e. The molecule has 0 bridgehead atoms. The van der Waals surface area contributed by atoms with Crippen molar-refractivity contribution >= 4 is 0 Å². The van der Waals surface area contributed by atoms with Gasteiger partial charge in [-0.3, -0.25) is 0 Å². The molecule has 0 N–H and O–H groups in total. The second kappa shape index (κ2) is 2.49. The van der Waals surface area contributed by atoms with E-state index >= 15 is 0 Å². The van der Waals surface area contributed by atoms with Crippen LogP contribution in [0.3, 0.4) is 0 Å². The first kappa shape index (κ1) is 6.58. The average Bonchev–Trinajstić information content (AvgIpc) is 2.04. The zero-order valence-corrected chi connectivity index (χ0v) is 6.54. The monoisotopic (exact) mass is 153 g/mol. The maximum Gasteiger partial charge on any atom is 0.176 e. The van der Waals surface area contributed by atoms with Crippen molar-refractivity contribution < 1.29 is 9.47 Å². The highest BCUT2D eigenvalue weighted by Crippen LogP contribution is 2.21. The molecule has 0 unspecified atom stereocenters. The summed E-state index contributed by atoms with van der Waals surface area (Å²) in [6.45, 7) is 2.24. The highest BCUT2D eigenvalue weighted by Gasteiger charge is 2.17. The van der Waals surface area contributed by atoms with Crippen LogP contribution in [0, 0.1) is 0 Å². The summed E-state index contributed by atoms with van der Waals surface area (Å²) in [5.41, 5.74) is 0. The molecular formula is C8H11NO2. The number of rotatable bonds is 0. The van der Waals surface area contributed by atoms with Crippen LogP contribution in [0.5, 0.6) is 0 Å². The van der Waals surface area contributed by atoms with E-state index in [2.05, 4.69) is 4.90 Å². The highest BCUT2D eigenvalue weighted by atomic mass is 16.6. The summed E-state index contributed by atoms with van der Waals surface area (Å²) in [7, 11) is 2.01. The van der Waals surface area contributed by atoms with E-state index in [9.17, 15) is 0 Å². The lowest BCUT2D eigenvalue weighted by Crippen LogP contribution is -2.23. The van der Waals surface area contributed by atoms with Gasteiger partial charge in [0.25, 0.3) is 0 Å². The smallest absolute Gasteiger partial charge is 0.176 e. The first-order valence-corrected chi connectivity index (χ1v) is 3.74. The number of ether oxygens (including phenoxy) is 2. The van der Waals surface area contributed by atoms with Crippen LogP contribution in [0.1, 0.15) is 0 Å².